The normalized spacial score (nSPS) is 13.0. The molecule has 0 fully saturated rings. The molecule has 1 aromatic rings. The van der Waals surface area contributed by atoms with Gasteiger partial charge in [-0.05, 0) is 45.7 Å². The lowest BCUT2D eigenvalue weighted by molar-refractivity contribution is -0.124. The second kappa shape index (κ2) is 8.02. The van der Waals surface area contributed by atoms with Crippen LogP contribution in [0.3, 0.4) is 0 Å². The van der Waals surface area contributed by atoms with Gasteiger partial charge in [0.25, 0.3) is 0 Å². The number of amides is 1. The average Bonchev–Trinajstić information content (AvgIpc) is 2.40. The number of carbonyl (C=O) groups is 1. The number of nitrogens with one attached hydrogen (secondary N) is 2. The van der Waals surface area contributed by atoms with Crippen molar-refractivity contribution < 1.29 is 4.79 Å². The van der Waals surface area contributed by atoms with E-state index in [-0.39, 0.29) is 17.5 Å². The zero-order chi connectivity index (χ0) is 15.0. The highest BCUT2D eigenvalue weighted by Crippen LogP contribution is 2.06. The van der Waals surface area contributed by atoms with Crippen LogP contribution in [-0.2, 0) is 11.3 Å². The molecular formula is C16H27N3O. The molecule has 0 heterocycles. The van der Waals surface area contributed by atoms with E-state index in [1.165, 1.54) is 0 Å². The predicted octanol–water partition coefficient (Wildman–Crippen LogP) is 1.80. The Hall–Kier alpha value is -1.39. The molecule has 20 heavy (non-hydrogen) atoms. The number of hydrogen-bond donors (Lipinski definition) is 3. The van der Waals surface area contributed by atoms with Crippen LogP contribution in [0.25, 0.3) is 0 Å². The topological polar surface area (TPSA) is 67.1 Å². The number of nitrogens with two attached hydrogens (primary N) is 1. The maximum atomic E-state index is 12.3. The second-order valence-electron chi connectivity index (χ2n) is 6.08. The first-order valence-electron chi connectivity index (χ1n) is 7.22. The molecule has 112 valence electrons. The number of benzene rings is 1. The van der Waals surface area contributed by atoms with Gasteiger partial charge in [-0.2, -0.15) is 0 Å². The Bertz CT molecular complexity index is 398. The van der Waals surface area contributed by atoms with E-state index in [4.69, 9.17) is 5.73 Å². The quantitative estimate of drug-likeness (QED) is 0.712. The van der Waals surface area contributed by atoms with Crippen molar-refractivity contribution in [2.75, 3.05) is 6.54 Å². The lowest BCUT2D eigenvalue weighted by atomic mass is 10.0. The highest BCUT2D eigenvalue weighted by atomic mass is 16.2. The summed E-state index contributed by atoms with van der Waals surface area (Å²) in [4.78, 5) is 12.3. The van der Waals surface area contributed by atoms with Crippen LogP contribution in [0.4, 0.5) is 0 Å². The van der Waals surface area contributed by atoms with Crippen LogP contribution >= 0.6 is 0 Å². The summed E-state index contributed by atoms with van der Waals surface area (Å²) in [6.45, 7) is 7.35. The highest BCUT2D eigenvalue weighted by Gasteiger charge is 2.22. The molecule has 1 amide bonds. The minimum Gasteiger partial charge on any atom is -0.351 e. The van der Waals surface area contributed by atoms with Crippen molar-refractivity contribution in [1.82, 2.24) is 10.6 Å². The minimum atomic E-state index is -0.192. The van der Waals surface area contributed by atoms with E-state index in [2.05, 4.69) is 31.4 Å². The standard InChI is InChI=1S/C16H27N3O/c1-16(2,3)19-14(10-7-11-17)15(20)18-12-13-8-5-4-6-9-13/h4-6,8-9,14,19H,7,10-12,17H2,1-3H3,(H,18,20)/t14-/m0/s1. The Labute approximate surface area is 122 Å². The molecule has 0 aliphatic rings. The third-order valence-corrected chi connectivity index (χ3v) is 2.93. The molecule has 4 heteroatoms. The zero-order valence-electron chi connectivity index (χ0n) is 12.8. The molecule has 0 unspecified atom stereocenters. The van der Waals surface area contributed by atoms with Crippen LogP contribution in [-0.4, -0.2) is 24.0 Å². The summed E-state index contributed by atoms with van der Waals surface area (Å²) in [5.41, 5.74) is 6.56. The van der Waals surface area contributed by atoms with Gasteiger partial charge in [0, 0.05) is 12.1 Å². The summed E-state index contributed by atoms with van der Waals surface area (Å²) in [6.07, 6.45) is 1.60. The Morgan fingerprint density at radius 3 is 2.45 bits per heavy atom. The van der Waals surface area contributed by atoms with Crippen LogP contribution in [0.2, 0.25) is 0 Å². The molecule has 0 saturated heterocycles. The molecule has 0 spiro atoms. The Morgan fingerprint density at radius 2 is 1.90 bits per heavy atom. The Morgan fingerprint density at radius 1 is 1.25 bits per heavy atom. The maximum Gasteiger partial charge on any atom is 0.237 e. The van der Waals surface area contributed by atoms with E-state index in [0.717, 1.165) is 18.4 Å². The van der Waals surface area contributed by atoms with E-state index in [0.29, 0.717) is 13.1 Å². The van der Waals surface area contributed by atoms with Crippen LogP contribution < -0.4 is 16.4 Å². The lowest BCUT2D eigenvalue weighted by Gasteiger charge is -2.28. The number of rotatable bonds is 7. The fourth-order valence-electron chi connectivity index (χ4n) is 2.02. The smallest absolute Gasteiger partial charge is 0.237 e. The van der Waals surface area contributed by atoms with Crippen molar-refractivity contribution in [3.8, 4) is 0 Å². The van der Waals surface area contributed by atoms with Crippen molar-refractivity contribution in [2.45, 2.75) is 51.7 Å². The van der Waals surface area contributed by atoms with E-state index < -0.39 is 0 Å². The summed E-state index contributed by atoms with van der Waals surface area (Å²) < 4.78 is 0. The summed E-state index contributed by atoms with van der Waals surface area (Å²) >= 11 is 0. The fourth-order valence-corrected chi connectivity index (χ4v) is 2.02. The monoisotopic (exact) mass is 277 g/mol. The van der Waals surface area contributed by atoms with Crippen LogP contribution in [0.1, 0.15) is 39.2 Å². The van der Waals surface area contributed by atoms with E-state index in [1.54, 1.807) is 0 Å². The van der Waals surface area contributed by atoms with Gasteiger partial charge < -0.3 is 16.4 Å². The van der Waals surface area contributed by atoms with Gasteiger partial charge in [-0.1, -0.05) is 30.3 Å². The molecule has 0 radical (unpaired) electrons. The Balaban J connectivity index is 2.54. The summed E-state index contributed by atoms with van der Waals surface area (Å²) in [6, 6.07) is 9.74. The highest BCUT2D eigenvalue weighted by molar-refractivity contribution is 5.81. The molecule has 0 aliphatic carbocycles. The first kappa shape index (κ1) is 16.7. The number of carbonyl (C=O) groups excluding carboxylic acids is 1. The third kappa shape index (κ3) is 6.68. The lowest BCUT2D eigenvalue weighted by Crippen LogP contribution is -2.51. The van der Waals surface area contributed by atoms with Gasteiger partial charge in [0.1, 0.15) is 0 Å². The van der Waals surface area contributed by atoms with Gasteiger partial charge in [-0.3, -0.25) is 4.79 Å². The molecule has 0 aromatic heterocycles. The first-order chi connectivity index (χ1) is 9.42. The molecular weight excluding hydrogens is 250 g/mol. The SMILES string of the molecule is CC(C)(C)N[C@@H](CCCN)C(=O)NCc1ccccc1. The van der Waals surface area contributed by atoms with Crippen LogP contribution in [0.15, 0.2) is 30.3 Å². The van der Waals surface area contributed by atoms with Gasteiger partial charge in [0.05, 0.1) is 6.04 Å². The molecule has 1 atom stereocenters. The van der Waals surface area contributed by atoms with Crippen molar-refractivity contribution in [3.05, 3.63) is 35.9 Å². The average molecular weight is 277 g/mol. The third-order valence-electron chi connectivity index (χ3n) is 2.93. The predicted molar refractivity (Wildman–Crippen MR) is 83.3 cm³/mol. The van der Waals surface area contributed by atoms with Gasteiger partial charge in [0.2, 0.25) is 5.91 Å². The van der Waals surface area contributed by atoms with Crippen LogP contribution in [0.5, 0.6) is 0 Å². The van der Waals surface area contributed by atoms with E-state index in [9.17, 15) is 4.79 Å². The zero-order valence-corrected chi connectivity index (χ0v) is 12.8. The summed E-state index contributed by atoms with van der Waals surface area (Å²) in [5.74, 6) is 0.0391. The Kier molecular flexibility index (Phi) is 6.68. The minimum absolute atomic E-state index is 0.0391. The largest absolute Gasteiger partial charge is 0.351 e. The van der Waals surface area contributed by atoms with E-state index >= 15 is 0 Å². The van der Waals surface area contributed by atoms with Gasteiger partial charge in [0.15, 0.2) is 0 Å². The van der Waals surface area contributed by atoms with Gasteiger partial charge in [-0.25, -0.2) is 0 Å². The molecule has 0 saturated carbocycles. The van der Waals surface area contributed by atoms with Gasteiger partial charge in [-0.15, -0.1) is 0 Å². The maximum absolute atomic E-state index is 12.3. The molecule has 1 rings (SSSR count). The first-order valence-corrected chi connectivity index (χ1v) is 7.22. The van der Waals surface area contributed by atoms with E-state index in [1.807, 2.05) is 30.3 Å². The number of hydrogen-bond acceptors (Lipinski definition) is 3. The second-order valence-corrected chi connectivity index (χ2v) is 6.08. The molecule has 0 bridgehead atoms. The van der Waals surface area contributed by atoms with Crippen molar-refractivity contribution >= 4 is 5.91 Å². The molecule has 4 nitrogen and oxygen atoms in total. The fraction of sp³-hybridized carbons (Fsp3) is 0.562. The van der Waals surface area contributed by atoms with Crippen molar-refractivity contribution in [2.24, 2.45) is 5.73 Å². The molecule has 0 aliphatic heterocycles. The van der Waals surface area contributed by atoms with Crippen LogP contribution in [0, 0.1) is 0 Å². The molecule has 1 aromatic carbocycles. The summed E-state index contributed by atoms with van der Waals surface area (Å²) in [5, 5.41) is 6.35. The van der Waals surface area contributed by atoms with Crippen molar-refractivity contribution in [1.29, 1.82) is 0 Å². The van der Waals surface area contributed by atoms with Gasteiger partial charge >= 0.3 is 0 Å². The van der Waals surface area contributed by atoms with Crippen molar-refractivity contribution in [3.63, 3.8) is 0 Å². The summed E-state index contributed by atoms with van der Waals surface area (Å²) in [7, 11) is 0. The molecule has 4 N–H and O–H groups in total.